The van der Waals surface area contributed by atoms with E-state index in [4.69, 9.17) is 5.11 Å². The quantitative estimate of drug-likeness (QED) is 0.701. The molecule has 0 aromatic carbocycles. The molecule has 0 unspecified atom stereocenters. The second-order valence-corrected chi connectivity index (χ2v) is 3.36. The van der Waals surface area contributed by atoms with Gasteiger partial charge < -0.3 is 10.4 Å². The van der Waals surface area contributed by atoms with E-state index in [1.807, 2.05) is 24.9 Å². The highest BCUT2D eigenvalue weighted by molar-refractivity contribution is 5.15. The van der Waals surface area contributed by atoms with Crippen molar-refractivity contribution in [3.05, 3.63) is 17.5 Å². The predicted octanol–water partition coefficient (Wildman–Crippen LogP) is 0.199. The SMILES string of the molecule is Cc1c(CNC[C@@H](C)O)cnn1C. The highest BCUT2D eigenvalue weighted by atomic mass is 16.3. The monoisotopic (exact) mass is 183 g/mol. The molecule has 1 atom stereocenters. The summed E-state index contributed by atoms with van der Waals surface area (Å²) < 4.78 is 1.85. The minimum atomic E-state index is -0.294. The number of hydrogen-bond donors (Lipinski definition) is 2. The van der Waals surface area contributed by atoms with Crippen LogP contribution in [0, 0.1) is 6.92 Å². The van der Waals surface area contributed by atoms with Crippen LogP contribution in [0.15, 0.2) is 6.20 Å². The predicted molar refractivity (Wildman–Crippen MR) is 51.3 cm³/mol. The second-order valence-electron chi connectivity index (χ2n) is 3.36. The number of aliphatic hydroxyl groups is 1. The first-order valence-electron chi connectivity index (χ1n) is 4.47. The first-order valence-corrected chi connectivity index (χ1v) is 4.47. The Morgan fingerprint density at radius 2 is 2.38 bits per heavy atom. The summed E-state index contributed by atoms with van der Waals surface area (Å²) in [6.07, 6.45) is 1.56. The second kappa shape index (κ2) is 4.39. The topological polar surface area (TPSA) is 50.1 Å². The van der Waals surface area contributed by atoms with Crippen LogP contribution in [0.1, 0.15) is 18.2 Å². The highest BCUT2D eigenvalue weighted by Gasteiger charge is 2.02. The molecule has 1 aromatic heterocycles. The maximum Gasteiger partial charge on any atom is 0.0636 e. The van der Waals surface area contributed by atoms with Gasteiger partial charge in [0.2, 0.25) is 0 Å². The number of aryl methyl sites for hydroxylation is 1. The summed E-state index contributed by atoms with van der Waals surface area (Å²) >= 11 is 0. The smallest absolute Gasteiger partial charge is 0.0636 e. The molecule has 74 valence electrons. The molecule has 13 heavy (non-hydrogen) atoms. The largest absolute Gasteiger partial charge is 0.392 e. The average Bonchev–Trinajstić information content (AvgIpc) is 2.35. The van der Waals surface area contributed by atoms with Gasteiger partial charge in [0.1, 0.15) is 0 Å². The average molecular weight is 183 g/mol. The van der Waals surface area contributed by atoms with Crippen molar-refractivity contribution in [2.24, 2.45) is 7.05 Å². The van der Waals surface area contributed by atoms with E-state index < -0.39 is 0 Å². The minimum absolute atomic E-state index is 0.294. The fraction of sp³-hybridized carbons (Fsp3) is 0.667. The molecule has 2 N–H and O–H groups in total. The molecule has 4 heteroatoms. The van der Waals surface area contributed by atoms with E-state index in [-0.39, 0.29) is 6.10 Å². The lowest BCUT2D eigenvalue weighted by Crippen LogP contribution is -2.24. The van der Waals surface area contributed by atoms with Crippen LogP contribution in [-0.2, 0) is 13.6 Å². The fourth-order valence-corrected chi connectivity index (χ4v) is 1.13. The molecule has 1 heterocycles. The van der Waals surface area contributed by atoms with Crippen molar-refractivity contribution >= 4 is 0 Å². The molecule has 0 aliphatic rings. The third-order valence-electron chi connectivity index (χ3n) is 2.09. The van der Waals surface area contributed by atoms with E-state index in [0.717, 1.165) is 12.2 Å². The summed E-state index contributed by atoms with van der Waals surface area (Å²) in [6, 6.07) is 0. The lowest BCUT2D eigenvalue weighted by Gasteiger charge is -2.05. The molecule has 1 rings (SSSR count). The van der Waals surface area contributed by atoms with Crippen molar-refractivity contribution in [3.63, 3.8) is 0 Å². The van der Waals surface area contributed by atoms with Crippen molar-refractivity contribution in [2.75, 3.05) is 6.54 Å². The molecular weight excluding hydrogens is 166 g/mol. The van der Waals surface area contributed by atoms with Crippen LogP contribution in [0.2, 0.25) is 0 Å². The maximum absolute atomic E-state index is 9.02. The molecule has 0 aliphatic heterocycles. The van der Waals surface area contributed by atoms with E-state index >= 15 is 0 Å². The highest BCUT2D eigenvalue weighted by Crippen LogP contribution is 2.04. The molecule has 0 amide bonds. The van der Waals surface area contributed by atoms with Crippen LogP contribution in [0.4, 0.5) is 0 Å². The zero-order chi connectivity index (χ0) is 9.84. The van der Waals surface area contributed by atoms with E-state index in [0.29, 0.717) is 6.54 Å². The standard InChI is InChI=1S/C9H17N3O/c1-7(13)4-10-5-9-6-11-12(3)8(9)2/h6-7,10,13H,4-5H2,1-3H3/t7-/m1/s1. The number of nitrogens with one attached hydrogen (secondary N) is 1. The first kappa shape index (κ1) is 10.2. The van der Waals surface area contributed by atoms with Gasteiger partial charge in [-0.2, -0.15) is 5.10 Å². The van der Waals surface area contributed by atoms with E-state index in [1.165, 1.54) is 5.56 Å². The van der Waals surface area contributed by atoms with Gasteiger partial charge in [0.15, 0.2) is 0 Å². The van der Waals surface area contributed by atoms with Gasteiger partial charge in [0.25, 0.3) is 0 Å². The summed E-state index contributed by atoms with van der Waals surface area (Å²) in [4.78, 5) is 0. The number of nitrogens with zero attached hydrogens (tertiary/aromatic N) is 2. The van der Waals surface area contributed by atoms with Crippen molar-refractivity contribution in [1.82, 2.24) is 15.1 Å². The van der Waals surface area contributed by atoms with Crippen LogP contribution in [0.25, 0.3) is 0 Å². The van der Waals surface area contributed by atoms with Crippen LogP contribution in [0.3, 0.4) is 0 Å². The van der Waals surface area contributed by atoms with E-state index in [2.05, 4.69) is 10.4 Å². The van der Waals surface area contributed by atoms with Crippen molar-refractivity contribution in [3.8, 4) is 0 Å². The zero-order valence-corrected chi connectivity index (χ0v) is 8.41. The molecule has 0 bridgehead atoms. The van der Waals surface area contributed by atoms with E-state index in [1.54, 1.807) is 6.92 Å². The summed E-state index contributed by atoms with van der Waals surface area (Å²) in [5, 5.41) is 16.3. The van der Waals surface area contributed by atoms with Gasteiger partial charge in [-0.25, -0.2) is 0 Å². The molecular formula is C9H17N3O. The zero-order valence-electron chi connectivity index (χ0n) is 8.41. The molecule has 4 nitrogen and oxygen atoms in total. The van der Waals surface area contributed by atoms with Crippen LogP contribution in [0.5, 0.6) is 0 Å². The first-order chi connectivity index (χ1) is 6.11. The maximum atomic E-state index is 9.02. The Morgan fingerprint density at radius 1 is 1.69 bits per heavy atom. The number of aromatic nitrogens is 2. The van der Waals surface area contributed by atoms with Gasteiger partial charge >= 0.3 is 0 Å². The minimum Gasteiger partial charge on any atom is -0.392 e. The number of rotatable bonds is 4. The molecule has 0 aliphatic carbocycles. The number of aliphatic hydroxyl groups excluding tert-OH is 1. The molecule has 0 fully saturated rings. The third kappa shape index (κ3) is 2.82. The Balaban J connectivity index is 2.41. The van der Waals surface area contributed by atoms with Crippen molar-refractivity contribution in [1.29, 1.82) is 0 Å². The Labute approximate surface area is 78.6 Å². The fourth-order valence-electron chi connectivity index (χ4n) is 1.13. The van der Waals surface area contributed by atoms with Gasteiger partial charge in [-0.15, -0.1) is 0 Å². The summed E-state index contributed by atoms with van der Waals surface area (Å²) in [7, 11) is 1.92. The summed E-state index contributed by atoms with van der Waals surface area (Å²) in [5.41, 5.74) is 2.35. The normalized spacial score (nSPS) is 13.2. The Kier molecular flexibility index (Phi) is 3.45. The Morgan fingerprint density at radius 3 is 2.85 bits per heavy atom. The number of hydrogen-bond acceptors (Lipinski definition) is 3. The molecule has 0 radical (unpaired) electrons. The molecule has 0 saturated carbocycles. The van der Waals surface area contributed by atoms with Crippen LogP contribution < -0.4 is 5.32 Å². The summed E-state index contributed by atoms with van der Waals surface area (Å²) in [5.74, 6) is 0. The van der Waals surface area contributed by atoms with Gasteiger partial charge in [-0.05, 0) is 13.8 Å². The van der Waals surface area contributed by atoms with Gasteiger partial charge in [-0.1, -0.05) is 0 Å². The van der Waals surface area contributed by atoms with Crippen molar-refractivity contribution in [2.45, 2.75) is 26.5 Å². The molecule has 0 spiro atoms. The van der Waals surface area contributed by atoms with Gasteiger partial charge in [0, 0.05) is 31.4 Å². The third-order valence-corrected chi connectivity index (χ3v) is 2.09. The molecule has 0 saturated heterocycles. The molecule has 1 aromatic rings. The lowest BCUT2D eigenvalue weighted by molar-refractivity contribution is 0.191. The van der Waals surface area contributed by atoms with E-state index in [9.17, 15) is 0 Å². The lowest BCUT2D eigenvalue weighted by atomic mass is 10.2. The summed E-state index contributed by atoms with van der Waals surface area (Å²) in [6.45, 7) is 5.19. The Hall–Kier alpha value is -0.870. The Bertz CT molecular complexity index is 268. The van der Waals surface area contributed by atoms with Crippen LogP contribution in [-0.4, -0.2) is 27.5 Å². The van der Waals surface area contributed by atoms with Crippen molar-refractivity contribution < 1.29 is 5.11 Å². The van der Waals surface area contributed by atoms with Gasteiger partial charge in [-0.3, -0.25) is 4.68 Å². The van der Waals surface area contributed by atoms with Crippen LogP contribution >= 0.6 is 0 Å². The van der Waals surface area contributed by atoms with Gasteiger partial charge in [0.05, 0.1) is 12.3 Å².